The summed E-state index contributed by atoms with van der Waals surface area (Å²) < 4.78 is 1.21. The average Bonchev–Trinajstić information content (AvgIpc) is 2.12. The summed E-state index contributed by atoms with van der Waals surface area (Å²) in [6, 6.07) is 1.14. The Labute approximate surface area is 92.9 Å². The minimum atomic E-state index is -0.434. The van der Waals surface area contributed by atoms with Crippen LogP contribution in [0.2, 0.25) is 5.15 Å². The number of aromatic nitrogens is 2. The third-order valence-electron chi connectivity index (χ3n) is 2.35. The quantitative estimate of drug-likeness (QED) is 0.804. The minimum Gasteiger partial charge on any atom is -0.298 e. The molecule has 1 heterocycles. The zero-order valence-electron chi connectivity index (χ0n) is 8.92. The fourth-order valence-corrected chi connectivity index (χ4v) is 1.70. The topological polar surface area (TPSA) is 54.9 Å². The van der Waals surface area contributed by atoms with E-state index in [1.807, 2.05) is 6.92 Å². The Balaban J connectivity index is 3.04. The Hall–Kier alpha value is -1.03. The molecule has 1 aromatic heterocycles. The maximum atomic E-state index is 11.5. The van der Waals surface area contributed by atoms with Crippen LogP contribution in [0.1, 0.15) is 39.2 Å². The van der Waals surface area contributed by atoms with E-state index < -0.39 is 5.69 Å². The van der Waals surface area contributed by atoms with Gasteiger partial charge in [-0.1, -0.05) is 31.4 Å². The van der Waals surface area contributed by atoms with Crippen molar-refractivity contribution in [3.8, 4) is 0 Å². The molecule has 0 saturated heterocycles. The molecule has 1 rings (SSSR count). The number of halogens is 1. The highest BCUT2D eigenvalue weighted by Crippen LogP contribution is 2.10. The molecule has 0 amide bonds. The van der Waals surface area contributed by atoms with Crippen molar-refractivity contribution in [3.05, 3.63) is 32.1 Å². The van der Waals surface area contributed by atoms with Gasteiger partial charge in [-0.3, -0.25) is 14.3 Å². The maximum Gasteiger partial charge on any atom is 0.329 e. The molecule has 0 bridgehead atoms. The molecule has 0 aromatic carbocycles. The van der Waals surface area contributed by atoms with E-state index in [1.54, 1.807) is 0 Å². The SMILES string of the molecule is CCCCC(C)n1c(=O)cc(Cl)[nH]c1=O. The van der Waals surface area contributed by atoms with Crippen molar-refractivity contribution in [1.82, 2.24) is 9.55 Å². The van der Waals surface area contributed by atoms with E-state index in [1.165, 1.54) is 10.6 Å². The third kappa shape index (κ3) is 2.96. The van der Waals surface area contributed by atoms with Gasteiger partial charge in [0.1, 0.15) is 5.15 Å². The second-order valence-electron chi connectivity index (χ2n) is 3.62. The Kier molecular flexibility index (Phi) is 4.15. The lowest BCUT2D eigenvalue weighted by Crippen LogP contribution is -2.36. The van der Waals surface area contributed by atoms with Crippen molar-refractivity contribution < 1.29 is 0 Å². The monoisotopic (exact) mass is 230 g/mol. The molecule has 0 fully saturated rings. The normalized spacial score (nSPS) is 12.7. The molecule has 0 spiro atoms. The van der Waals surface area contributed by atoms with Crippen molar-refractivity contribution in [1.29, 1.82) is 0 Å². The number of nitrogens with one attached hydrogen (secondary N) is 1. The standard InChI is InChI=1S/C10H15ClN2O2/c1-3-4-5-7(2)13-9(14)6-8(11)12-10(13)15/h6-7H,3-5H2,1-2H3,(H,12,15). The highest BCUT2D eigenvalue weighted by atomic mass is 35.5. The van der Waals surface area contributed by atoms with Gasteiger partial charge in [0.15, 0.2) is 0 Å². The number of hydrogen-bond donors (Lipinski definition) is 1. The first-order chi connectivity index (χ1) is 7.06. The third-order valence-corrected chi connectivity index (χ3v) is 2.55. The number of unbranched alkanes of at least 4 members (excludes halogenated alkanes) is 1. The van der Waals surface area contributed by atoms with Crippen LogP contribution in [0.4, 0.5) is 0 Å². The molecule has 84 valence electrons. The van der Waals surface area contributed by atoms with Crippen LogP contribution in [0, 0.1) is 0 Å². The lowest BCUT2D eigenvalue weighted by atomic mass is 10.1. The predicted molar refractivity (Wildman–Crippen MR) is 60.6 cm³/mol. The van der Waals surface area contributed by atoms with Crippen LogP contribution in [0.25, 0.3) is 0 Å². The molecule has 0 radical (unpaired) electrons. The van der Waals surface area contributed by atoms with Gasteiger partial charge in [0.25, 0.3) is 5.56 Å². The highest BCUT2D eigenvalue weighted by Gasteiger charge is 2.10. The van der Waals surface area contributed by atoms with Crippen LogP contribution in [0.15, 0.2) is 15.7 Å². The number of rotatable bonds is 4. The van der Waals surface area contributed by atoms with Gasteiger partial charge in [0, 0.05) is 12.1 Å². The summed E-state index contributed by atoms with van der Waals surface area (Å²) in [6.45, 7) is 3.93. The van der Waals surface area contributed by atoms with E-state index in [-0.39, 0.29) is 16.8 Å². The smallest absolute Gasteiger partial charge is 0.298 e. The van der Waals surface area contributed by atoms with Crippen molar-refractivity contribution in [2.24, 2.45) is 0 Å². The molecule has 5 heteroatoms. The van der Waals surface area contributed by atoms with Crippen LogP contribution < -0.4 is 11.2 Å². The molecule has 1 aromatic rings. The van der Waals surface area contributed by atoms with E-state index in [0.717, 1.165) is 19.3 Å². The summed E-state index contributed by atoms with van der Waals surface area (Å²) in [5.74, 6) is 0. The average molecular weight is 231 g/mol. The number of hydrogen-bond acceptors (Lipinski definition) is 2. The van der Waals surface area contributed by atoms with Crippen LogP contribution in [-0.4, -0.2) is 9.55 Å². The Morgan fingerprint density at radius 3 is 2.73 bits per heavy atom. The van der Waals surface area contributed by atoms with Crippen LogP contribution >= 0.6 is 11.6 Å². The molecular weight excluding hydrogens is 216 g/mol. The van der Waals surface area contributed by atoms with E-state index in [0.29, 0.717) is 0 Å². The largest absolute Gasteiger partial charge is 0.329 e. The number of aromatic amines is 1. The molecule has 0 saturated carbocycles. The lowest BCUT2D eigenvalue weighted by molar-refractivity contribution is 0.454. The van der Waals surface area contributed by atoms with E-state index >= 15 is 0 Å². The maximum absolute atomic E-state index is 11.5. The second-order valence-corrected chi connectivity index (χ2v) is 4.03. The fourth-order valence-electron chi connectivity index (χ4n) is 1.52. The number of nitrogens with zero attached hydrogens (tertiary/aromatic N) is 1. The molecule has 4 nitrogen and oxygen atoms in total. The van der Waals surface area contributed by atoms with Crippen LogP contribution in [0.3, 0.4) is 0 Å². The summed E-state index contributed by atoms with van der Waals surface area (Å²) >= 11 is 5.56. The van der Waals surface area contributed by atoms with Crippen molar-refractivity contribution >= 4 is 11.6 Å². The van der Waals surface area contributed by atoms with Gasteiger partial charge in [-0.05, 0) is 13.3 Å². The van der Waals surface area contributed by atoms with Gasteiger partial charge in [0.2, 0.25) is 0 Å². The molecule has 15 heavy (non-hydrogen) atoms. The Morgan fingerprint density at radius 1 is 1.53 bits per heavy atom. The second kappa shape index (κ2) is 5.16. The first-order valence-corrected chi connectivity index (χ1v) is 5.45. The van der Waals surface area contributed by atoms with Gasteiger partial charge < -0.3 is 0 Å². The first kappa shape index (κ1) is 12.0. The van der Waals surface area contributed by atoms with Gasteiger partial charge in [-0.15, -0.1) is 0 Å². The molecule has 1 unspecified atom stereocenters. The van der Waals surface area contributed by atoms with Gasteiger partial charge in [0.05, 0.1) is 0 Å². The van der Waals surface area contributed by atoms with Gasteiger partial charge in [-0.2, -0.15) is 0 Å². The highest BCUT2D eigenvalue weighted by molar-refractivity contribution is 6.29. The molecule has 0 aliphatic carbocycles. The molecular formula is C10H15ClN2O2. The van der Waals surface area contributed by atoms with Crippen molar-refractivity contribution in [2.75, 3.05) is 0 Å². The minimum absolute atomic E-state index is 0.0848. The first-order valence-electron chi connectivity index (χ1n) is 5.07. The van der Waals surface area contributed by atoms with Crippen LogP contribution in [0.5, 0.6) is 0 Å². The molecule has 1 atom stereocenters. The lowest BCUT2D eigenvalue weighted by Gasteiger charge is -2.12. The molecule has 0 aliphatic heterocycles. The number of H-pyrrole nitrogens is 1. The predicted octanol–water partition coefficient (Wildman–Crippen LogP) is 1.94. The summed E-state index contributed by atoms with van der Waals surface area (Å²) in [5.41, 5.74) is -0.775. The van der Waals surface area contributed by atoms with Crippen molar-refractivity contribution in [2.45, 2.75) is 39.2 Å². The Bertz CT molecular complexity index is 405. The fraction of sp³-hybridized carbons (Fsp3) is 0.600. The molecule has 1 N–H and O–H groups in total. The zero-order valence-corrected chi connectivity index (χ0v) is 9.67. The molecule has 0 aliphatic rings. The van der Waals surface area contributed by atoms with E-state index in [9.17, 15) is 9.59 Å². The zero-order chi connectivity index (χ0) is 11.4. The van der Waals surface area contributed by atoms with Crippen molar-refractivity contribution in [3.63, 3.8) is 0 Å². The van der Waals surface area contributed by atoms with E-state index in [4.69, 9.17) is 11.6 Å². The van der Waals surface area contributed by atoms with E-state index in [2.05, 4.69) is 11.9 Å². The van der Waals surface area contributed by atoms with Gasteiger partial charge in [-0.25, -0.2) is 4.79 Å². The summed E-state index contributed by atoms with van der Waals surface area (Å²) in [7, 11) is 0. The van der Waals surface area contributed by atoms with Gasteiger partial charge >= 0.3 is 5.69 Å². The summed E-state index contributed by atoms with van der Waals surface area (Å²) in [5, 5.41) is 0.0870. The summed E-state index contributed by atoms with van der Waals surface area (Å²) in [4.78, 5) is 25.4. The Morgan fingerprint density at radius 2 is 2.20 bits per heavy atom. The summed E-state index contributed by atoms with van der Waals surface area (Å²) in [6.07, 6.45) is 2.86. The van der Waals surface area contributed by atoms with Crippen LogP contribution in [-0.2, 0) is 0 Å².